The van der Waals surface area contributed by atoms with E-state index in [1.807, 2.05) is 29.8 Å². The number of hydrogen-bond donors (Lipinski definition) is 1. The van der Waals surface area contributed by atoms with Crippen molar-refractivity contribution in [2.24, 2.45) is 0 Å². The van der Waals surface area contributed by atoms with E-state index >= 15 is 0 Å². The molecule has 124 valence electrons. The highest BCUT2D eigenvalue weighted by atomic mass is 35.5. The minimum Gasteiger partial charge on any atom is -0.383 e. The van der Waals surface area contributed by atoms with Crippen molar-refractivity contribution in [1.29, 1.82) is 0 Å². The van der Waals surface area contributed by atoms with Crippen LogP contribution < -0.4 is 5.32 Å². The van der Waals surface area contributed by atoms with Gasteiger partial charge in [-0.1, -0.05) is 18.5 Å². The van der Waals surface area contributed by atoms with Gasteiger partial charge in [0.25, 0.3) is 0 Å². The van der Waals surface area contributed by atoms with E-state index in [0.29, 0.717) is 30.4 Å². The highest BCUT2D eigenvalue weighted by Gasteiger charge is 2.13. The summed E-state index contributed by atoms with van der Waals surface area (Å²) in [5.74, 6) is 0. The Kier molecular flexibility index (Phi) is 6.43. The smallest absolute Gasteiger partial charge is 0.321 e. The molecule has 2 rings (SSSR count). The summed E-state index contributed by atoms with van der Waals surface area (Å²) in [6.45, 7) is 3.77. The predicted octanol–water partition coefficient (Wildman–Crippen LogP) is 3.42. The van der Waals surface area contributed by atoms with Gasteiger partial charge in [-0.2, -0.15) is 0 Å². The predicted molar refractivity (Wildman–Crippen MR) is 91.3 cm³/mol. The molecule has 1 aromatic heterocycles. The molecule has 0 aliphatic rings. The summed E-state index contributed by atoms with van der Waals surface area (Å²) in [4.78, 5) is 18.1. The largest absolute Gasteiger partial charge is 0.383 e. The molecule has 0 radical (unpaired) electrons. The van der Waals surface area contributed by atoms with Gasteiger partial charge in [-0.15, -0.1) is 0 Å². The Hall–Kier alpha value is -2.05. The Morgan fingerprint density at radius 3 is 2.87 bits per heavy atom. The standard InChI is InChI=1S/C16H21ClN4O2/c1-3-7-20(9-10-23-2)16(22)19-13-4-5-15(14(17)11-13)21-8-6-18-12-21/h4-6,8,11-12H,3,7,9-10H2,1-2H3,(H,19,22). The van der Waals surface area contributed by atoms with Crippen molar-refractivity contribution in [1.82, 2.24) is 14.5 Å². The van der Waals surface area contributed by atoms with Crippen LogP contribution in [0.1, 0.15) is 13.3 Å². The first-order chi connectivity index (χ1) is 11.2. The number of halogens is 1. The number of benzene rings is 1. The van der Waals surface area contributed by atoms with Crippen molar-refractivity contribution in [3.63, 3.8) is 0 Å². The molecule has 0 bridgehead atoms. The molecule has 1 aromatic carbocycles. The Labute approximate surface area is 141 Å². The lowest BCUT2D eigenvalue weighted by Gasteiger charge is -2.22. The summed E-state index contributed by atoms with van der Waals surface area (Å²) < 4.78 is 6.86. The minimum atomic E-state index is -0.157. The molecule has 23 heavy (non-hydrogen) atoms. The molecule has 2 amide bonds. The van der Waals surface area contributed by atoms with Gasteiger partial charge in [0, 0.05) is 38.3 Å². The van der Waals surface area contributed by atoms with E-state index in [2.05, 4.69) is 10.3 Å². The number of methoxy groups -OCH3 is 1. The maximum absolute atomic E-state index is 12.3. The number of rotatable bonds is 7. The second kappa shape index (κ2) is 8.55. The van der Waals surface area contributed by atoms with Gasteiger partial charge < -0.3 is 19.5 Å². The molecular weight excluding hydrogens is 316 g/mol. The van der Waals surface area contributed by atoms with E-state index in [1.54, 1.807) is 30.6 Å². The molecular formula is C16H21ClN4O2. The van der Waals surface area contributed by atoms with E-state index in [-0.39, 0.29) is 6.03 Å². The number of anilines is 1. The zero-order chi connectivity index (χ0) is 16.7. The second-order valence-electron chi connectivity index (χ2n) is 5.05. The lowest BCUT2D eigenvalue weighted by Crippen LogP contribution is -2.37. The molecule has 0 fully saturated rings. The van der Waals surface area contributed by atoms with Gasteiger partial charge in [0.1, 0.15) is 0 Å². The molecule has 7 heteroatoms. The first kappa shape index (κ1) is 17.3. The number of imidazole rings is 1. The van der Waals surface area contributed by atoms with Crippen LogP contribution in [-0.4, -0.2) is 47.3 Å². The van der Waals surface area contributed by atoms with Crippen LogP contribution in [0.5, 0.6) is 0 Å². The summed E-state index contributed by atoms with van der Waals surface area (Å²) >= 11 is 6.30. The third-order valence-electron chi connectivity index (χ3n) is 3.33. The molecule has 0 saturated heterocycles. The molecule has 1 heterocycles. The summed E-state index contributed by atoms with van der Waals surface area (Å²) in [6.07, 6.45) is 6.06. The Morgan fingerprint density at radius 1 is 1.43 bits per heavy atom. The monoisotopic (exact) mass is 336 g/mol. The highest BCUT2D eigenvalue weighted by Crippen LogP contribution is 2.24. The molecule has 0 unspecified atom stereocenters. The summed E-state index contributed by atoms with van der Waals surface area (Å²) in [5, 5.41) is 3.41. The fraction of sp³-hybridized carbons (Fsp3) is 0.375. The number of carbonyl (C=O) groups is 1. The van der Waals surface area contributed by atoms with E-state index in [4.69, 9.17) is 16.3 Å². The van der Waals surface area contributed by atoms with Gasteiger partial charge in [0.2, 0.25) is 0 Å². The fourth-order valence-electron chi connectivity index (χ4n) is 2.18. The van der Waals surface area contributed by atoms with Crippen molar-refractivity contribution >= 4 is 23.3 Å². The van der Waals surface area contributed by atoms with Crippen molar-refractivity contribution in [2.45, 2.75) is 13.3 Å². The fourth-order valence-corrected chi connectivity index (χ4v) is 2.46. The van der Waals surface area contributed by atoms with Crippen LogP contribution in [0.15, 0.2) is 36.9 Å². The minimum absolute atomic E-state index is 0.157. The van der Waals surface area contributed by atoms with E-state index < -0.39 is 0 Å². The highest BCUT2D eigenvalue weighted by molar-refractivity contribution is 6.32. The lowest BCUT2D eigenvalue weighted by molar-refractivity contribution is 0.155. The maximum Gasteiger partial charge on any atom is 0.321 e. The van der Waals surface area contributed by atoms with E-state index in [0.717, 1.165) is 12.1 Å². The maximum atomic E-state index is 12.3. The number of carbonyl (C=O) groups excluding carboxylic acids is 1. The normalized spacial score (nSPS) is 10.6. The van der Waals surface area contributed by atoms with Gasteiger partial charge in [-0.25, -0.2) is 9.78 Å². The Morgan fingerprint density at radius 2 is 2.26 bits per heavy atom. The average molecular weight is 337 g/mol. The van der Waals surface area contributed by atoms with Crippen molar-refractivity contribution in [2.75, 3.05) is 32.1 Å². The molecule has 0 spiro atoms. The third kappa shape index (κ3) is 4.71. The third-order valence-corrected chi connectivity index (χ3v) is 3.63. The molecule has 2 aromatic rings. The first-order valence-electron chi connectivity index (χ1n) is 7.48. The zero-order valence-electron chi connectivity index (χ0n) is 13.3. The second-order valence-corrected chi connectivity index (χ2v) is 5.45. The Bertz CT molecular complexity index is 631. The van der Waals surface area contributed by atoms with Crippen LogP contribution in [0.2, 0.25) is 5.02 Å². The molecule has 1 N–H and O–H groups in total. The van der Waals surface area contributed by atoms with Crippen molar-refractivity contribution in [3.8, 4) is 5.69 Å². The van der Waals surface area contributed by atoms with Crippen LogP contribution in [0, 0.1) is 0 Å². The summed E-state index contributed by atoms with van der Waals surface area (Å²) in [7, 11) is 1.62. The average Bonchev–Trinajstić information content (AvgIpc) is 3.05. The van der Waals surface area contributed by atoms with Crippen LogP contribution in [0.3, 0.4) is 0 Å². The number of aromatic nitrogens is 2. The number of nitrogens with zero attached hydrogens (tertiary/aromatic N) is 3. The van der Waals surface area contributed by atoms with Gasteiger partial charge in [0.05, 0.1) is 23.6 Å². The Balaban J connectivity index is 2.07. The van der Waals surface area contributed by atoms with E-state index in [1.165, 1.54) is 0 Å². The number of nitrogens with one attached hydrogen (secondary N) is 1. The lowest BCUT2D eigenvalue weighted by atomic mass is 10.2. The zero-order valence-corrected chi connectivity index (χ0v) is 14.1. The van der Waals surface area contributed by atoms with E-state index in [9.17, 15) is 4.79 Å². The topological polar surface area (TPSA) is 59.4 Å². The molecule has 0 aliphatic carbocycles. The van der Waals surface area contributed by atoms with Gasteiger partial charge >= 0.3 is 6.03 Å². The SMILES string of the molecule is CCCN(CCOC)C(=O)Nc1ccc(-n2ccnc2)c(Cl)c1. The molecule has 6 nitrogen and oxygen atoms in total. The van der Waals surface area contributed by atoms with Crippen molar-refractivity contribution < 1.29 is 9.53 Å². The quantitative estimate of drug-likeness (QED) is 0.842. The van der Waals surface area contributed by atoms with Crippen LogP contribution in [0.4, 0.5) is 10.5 Å². The number of hydrogen-bond acceptors (Lipinski definition) is 3. The van der Waals surface area contributed by atoms with Crippen molar-refractivity contribution in [3.05, 3.63) is 41.9 Å². The summed E-state index contributed by atoms with van der Waals surface area (Å²) in [5.41, 5.74) is 1.47. The van der Waals surface area contributed by atoms with Gasteiger partial charge in [0.15, 0.2) is 0 Å². The number of ether oxygens (including phenoxy) is 1. The van der Waals surface area contributed by atoms with Gasteiger partial charge in [-0.3, -0.25) is 0 Å². The first-order valence-corrected chi connectivity index (χ1v) is 7.86. The van der Waals surface area contributed by atoms with Crippen LogP contribution in [-0.2, 0) is 4.74 Å². The summed E-state index contributed by atoms with van der Waals surface area (Å²) in [6, 6.07) is 5.24. The number of urea groups is 1. The van der Waals surface area contributed by atoms with Gasteiger partial charge in [-0.05, 0) is 24.6 Å². The number of amides is 2. The van der Waals surface area contributed by atoms with Crippen LogP contribution in [0.25, 0.3) is 5.69 Å². The molecule has 0 aliphatic heterocycles. The molecule has 0 atom stereocenters. The molecule has 0 saturated carbocycles. The van der Waals surface area contributed by atoms with Crippen LogP contribution >= 0.6 is 11.6 Å².